The molecule has 0 bridgehead atoms. The van der Waals surface area contributed by atoms with Crippen LogP contribution in [0.3, 0.4) is 0 Å². The van der Waals surface area contributed by atoms with Gasteiger partial charge in [0.25, 0.3) is 5.91 Å². The summed E-state index contributed by atoms with van der Waals surface area (Å²) >= 11 is 12.0. The van der Waals surface area contributed by atoms with Crippen LogP contribution in [-0.2, 0) is 4.79 Å². The maximum Gasteiger partial charge on any atom is 0.254 e. The van der Waals surface area contributed by atoms with Crippen molar-refractivity contribution in [1.29, 1.82) is 0 Å². The van der Waals surface area contributed by atoms with Crippen molar-refractivity contribution in [3.63, 3.8) is 0 Å². The molecule has 1 unspecified atom stereocenters. The Morgan fingerprint density at radius 2 is 1.91 bits per heavy atom. The van der Waals surface area contributed by atoms with Crippen molar-refractivity contribution in [1.82, 2.24) is 24.9 Å². The van der Waals surface area contributed by atoms with Gasteiger partial charge in [0.15, 0.2) is 11.5 Å². The molecule has 11 heteroatoms. The van der Waals surface area contributed by atoms with Gasteiger partial charge in [-0.25, -0.2) is 14.5 Å². The average molecular weight is 499 g/mol. The maximum absolute atomic E-state index is 12.7. The van der Waals surface area contributed by atoms with E-state index in [1.165, 1.54) is 17.6 Å². The molecule has 34 heavy (non-hydrogen) atoms. The van der Waals surface area contributed by atoms with Gasteiger partial charge in [0.1, 0.15) is 5.15 Å². The number of fused-ring (bicyclic) bond motifs is 1. The summed E-state index contributed by atoms with van der Waals surface area (Å²) in [5.74, 6) is -0.270. The van der Waals surface area contributed by atoms with Gasteiger partial charge in [-0.2, -0.15) is 5.10 Å². The summed E-state index contributed by atoms with van der Waals surface area (Å²) in [6.07, 6.45) is 2.67. The molecule has 9 nitrogen and oxygen atoms in total. The van der Waals surface area contributed by atoms with E-state index in [1.807, 2.05) is 0 Å². The fourth-order valence-corrected chi connectivity index (χ4v) is 3.61. The van der Waals surface area contributed by atoms with Crippen molar-refractivity contribution in [2.24, 2.45) is 0 Å². The van der Waals surface area contributed by atoms with Crippen molar-refractivity contribution in [3.05, 3.63) is 76.2 Å². The second-order valence-corrected chi connectivity index (χ2v) is 8.30. The van der Waals surface area contributed by atoms with Crippen LogP contribution in [0.2, 0.25) is 10.2 Å². The number of carbonyl (C=O) groups is 2. The minimum absolute atomic E-state index is 0.0520. The molecule has 0 saturated carbocycles. The molecule has 0 aliphatic heterocycles. The van der Waals surface area contributed by atoms with Crippen molar-refractivity contribution in [2.75, 3.05) is 11.9 Å². The van der Waals surface area contributed by atoms with E-state index in [-0.39, 0.29) is 23.2 Å². The minimum atomic E-state index is -0.744. The molecule has 4 rings (SSSR count). The smallest absolute Gasteiger partial charge is 0.254 e. The molecule has 3 N–H and O–H groups in total. The van der Waals surface area contributed by atoms with Crippen molar-refractivity contribution in [3.8, 4) is 11.3 Å². The van der Waals surface area contributed by atoms with Crippen molar-refractivity contribution >= 4 is 46.5 Å². The first-order valence-electron chi connectivity index (χ1n) is 10.3. The second kappa shape index (κ2) is 10.2. The van der Waals surface area contributed by atoms with E-state index in [2.05, 4.69) is 25.7 Å². The first-order valence-corrected chi connectivity index (χ1v) is 11.1. The quantitative estimate of drug-likeness (QED) is 0.332. The molecule has 4 aromatic rings. The van der Waals surface area contributed by atoms with Crippen LogP contribution in [0, 0.1) is 0 Å². The molecule has 0 aliphatic carbocycles. The lowest BCUT2D eigenvalue weighted by Crippen LogP contribution is -2.26. The topological polar surface area (TPSA) is 122 Å². The number of hydrogen-bond donors (Lipinski definition) is 3. The number of imidazole rings is 1. The van der Waals surface area contributed by atoms with Gasteiger partial charge in [0, 0.05) is 30.3 Å². The third-order valence-electron chi connectivity index (χ3n) is 4.96. The summed E-state index contributed by atoms with van der Waals surface area (Å²) < 4.78 is 1.52. The van der Waals surface area contributed by atoms with Gasteiger partial charge in [0.05, 0.1) is 23.6 Å². The number of halogens is 2. The molecule has 0 saturated heterocycles. The number of rotatable bonds is 7. The number of aromatic nitrogens is 4. The summed E-state index contributed by atoms with van der Waals surface area (Å²) in [5.41, 5.74) is 2.56. The van der Waals surface area contributed by atoms with E-state index in [4.69, 9.17) is 23.2 Å². The first-order chi connectivity index (χ1) is 16.3. The third-order valence-corrected chi connectivity index (χ3v) is 5.51. The summed E-state index contributed by atoms with van der Waals surface area (Å²) in [5, 5.41) is 20.8. The Bertz CT molecular complexity index is 1360. The van der Waals surface area contributed by atoms with Gasteiger partial charge in [-0.05, 0) is 42.3 Å². The molecule has 174 valence electrons. The Hall–Kier alpha value is -3.53. The Labute approximate surface area is 204 Å². The number of pyridine rings is 1. The zero-order chi connectivity index (χ0) is 24.2. The van der Waals surface area contributed by atoms with Gasteiger partial charge in [-0.1, -0.05) is 35.3 Å². The summed E-state index contributed by atoms with van der Waals surface area (Å²) in [6.45, 7) is 1.63. The number of aliphatic hydroxyl groups excluding tert-OH is 1. The lowest BCUT2D eigenvalue weighted by molar-refractivity contribution is -0.114. The number of aliphatic hydroxyl groups is 1. The fraction of sp³-hybridized carbons (Fsp3) is 0.174. The van der Waals surface area contributed by atoms with Crippen LogP contribution in [0.1, 0.15) is 35.4 Å². The van der Waals surface area contributed by atoms with E-state index in [0.29, 0.717) is 39.7 Å². The van der Waals surface area contributed by atoms with E-state index in [9.17, 15) is 14.7 Å². The lowest BCUT2D eigenvalue weighted by atomic mass is 10.1. The standard InChI is InChI=1S/C23H20Cl2N6O3/c1-13(32)28-20-12-31-21(29-20)7-6-18(30-31)15-10-17(22(25)27-11-15)23(34)26-9-8-19(33)14-2-4-16(24)5-3-14/h2-7,10-12,19,33H,8-9H2,1H3,(H,26,34)(H,28,32). The first kappa shape index (κ1) is 23.6. The predicted octanol–water partition coefficient (Wildman–Crippen LogP) is 3.91. The minimum Gasteiger partial charge on any atom is -0.388 e. The molecule has 2 amide bonds. The van der Waals surface area contributed by atoms with E-state index in [1.54, 1.807) is 48.7 Å². The van der Waals surface area contributed by atoms with Crippen LogP contribution in [0.15, 0.2) is 54.9 Å². The summed E-state index contributed by atoms with van der Waals surface area (Å²) in [4.78, 5) is 32.4. The fourth-order valence-electron chi connectivity index (χ4n) is 3.29. The SMILES string of the molecule is CC(=O)Nc1cn2nc(-c3cnc(Cl)c(C(=O)NCCC(O)c4ccc(Cl)cc4)c3)ccc2n1. The number of carbonyl (C=O) groups excluding carboxylic acids is 2. The highest BCUT2D eigenvalue weighted by Crippen LogP contribution is 2.23. The molecule has 3 aromatic heterocycles. The highest BCUT2D eigenvalue weighted by molar-refractivity contribution is 6.32. The Kier molecular flexibility index (Phi) is 7.06. The number of nitrogens with zero attached hydrogens (tertiary/aromatic N) is 4. The molecular formula is C23H20Cl2N6O3. The Morgan fingerprint density at radius 1 is 1.15 bits per heavy atom. The Morgan fingerprint density at radius 3 is 2.65 bits per heavy atom. The molecular weight excluding hydrogens is 479 g/mol. The summed E-state index contributed by atoms with van der Waals surface area (Å²) in [6, 6.07) is 11.9. The van der Waals surface area contributed by atoms with E-state index in [0.717, 1.165) is 0 Å². The monoisotopic (exact) mass is 498 g/mol. The van der Waals surface area contributed by atoms with Crippen LogP contribution >= 0.6 is 23.2 Å². The number of nitrogens with one attached hydrogen (secondary N) is 2. The molecule has 3 heterocycles. The van der Waals surface area contributed by atoms with E-state index < -0.39 is 12.0 Å². The van der Waals surface area contributed by atoms with Crippen molar-refractivity contribution in [2.45, 2.75) is 19.4 Å². The average Bonchev–Trinajstić information content (AvgIpc) is 3.20. The van der Waals surface area contributed by atoms with Gasteiger partial charge >= 0.3 is 0 Å². The van der Waals surface area contributed by atoms with Gasteiger partial charge in [-0.15, -0.1) is 0 Å². The zero-order valence-corrected chi connectivity index (χ0v) is 19.5. The summed E-state index contributed by atoms with van der Waals surface area (Å²) in [7, 11) is 0. The number of hydrogen-bond acceptors (Lipinski definition) is 6. The molecule has 1 aromatic carbocycles. The van der Waals surface area contributed by atoms with Gasteiger partial charge < -0.3 is 15.7 Å². The van der Waals surface area contributed by atoms with Crippen LogP contribution < -0.4 is 10.6 Å². The molecule has 0 spiro atoms. The highest BCUT2D eigenvalue weighted by atomic mass is 35.5. The van der Waals surface area contributed by atoms with Crippen molar-refractivity contribution < 1.29 is 14.7 Å². The van der Waals surface area contributed by atoms with Crippen LogP contribution in [-0.4, -0.2) is 43.0 Å². The van der Waals surface area contributed by atoms with E-state index >= 15 is 0 Å². The predicted molar refractivity (Wildman–Crippen MR) is 129 cm³/mol. The molecule has 0 aliphatic rings. The maximum atomic E-state index is 12.7. The molecule has 0 radical (unpaired) electrons. The number of amides is 2. The zero-order valence-electron chi connectivity index (χ0n) is 18.0. The molecule has 1 atom stereocenters. The highest BCUT2D eigenvalue weighted by Gasteiger charge is 2.15. The van der Waals surface area contributed by atoms with Gasteiger partial charge in [-0.3, -0.25) is 9.59 Å². The third kappa shape index (κ3) is 5.51. The van der Waals surface area contributed by atoms with Crippen LogP contribution in [0.5, 0.6) is 0 Å². The number of benzene rings is 1. The number of anilines is 1. The Balaban J connectivity index is 1.46. The second-order valence-electron chi connectivity index (χ2n) is 7.50. The molecule has 0 fully saturated rings. The largest absolute Gasteiger partial charge is 0.388 e. The van der Waals surface area contributed by atoms with Gasteiger partial charge in [0.2, 0.25) is 5.91 Å². The van der Waals surface area contributed by atoms with Crippen LogP contribution in [0.25, 0.3) is 16.9 Å². The van der Waals surface area contributed by atoms with Crippen LogP contribution in [0.4, 0.5) is 5.82 Å². The normalized spacial score (nSPS) is 11.9. The lowest BCUT2D eigenvalue weighted by Gasteiger charge is -2.12.